The number of aliphatic carboxylic acids is 1. The predicted molar refractivity (Wildman–Crippen MR) is 115 cm³/mol. The fourth-order valence-corrected chi connectivity index (χ4v) is 4.36. The van der Waals surface area contributed by atoms with Gasteiger partial charge in [0.1, 0.15) is 6.04 Å². The van der Waals surface area contributed by atoms with E-state index in [0.29, 0.717) is 41.7 Å². The van der Waals surface area contributed by atoms with Crippen molar-refractivity contribution in [2.45, 2.75) is 24.9 Å². The molecule has 1 N–H and O–H groups in total. The average molecular weight is 431 g/mol. The van der Waals surface area contributed by atoms with E-state index in [9.17, 15) is 9.90 Å². The molecule has 0 aromatic heterocycles. The van der Waals surface area contributed by atoms with E-state index in [-0.39, 0.29) is 0 Å². The standard InChI is InChI=1S/C23H29NO7/c1-27-17-10-6-8-14(20(17)29-3)19(24-13-7-9-16(24)23(25)26)15-11-12-18(28-2)22(31-5)21(15)30-4/h6,8,10-12,16,19H,7,9,13H2,1-5H3,(H,25,26). The summed E-state index contributed by atoms with van der Waals surface area (Å²) < 4.78 is 28.0. The van der Waals surface area contributed by atoms with Crippen molar-refractivity contribution in [3.8, 4) is 28.7 Å². The van der Waals surface area contributed by atoms with Crippen molar-refractivity contribution >= 4 is 5.97 Å². The van der Waals surface area contributed by atoms with E-state index in [0.717, 1.165) is 17.5 Å². The number of ether oxygens (including phenoxy) is 5. The van der Waals surface area contributed by atoms with Crippen LogP contribution in [0.1, 0.15) is 30.0 Å². The van der Waals surface area contributed by atoms with Crippen LogP contribution in [0.2, 0.25) is 0 Å². The Labute approximate surface area is 182 Å². The molecular formula is C23H29NO7. The van der Waals surface area contributed by atoms with E-state index in [1.165, 1.54) is 0 Å². The lowest BCUT2D eigenvalue weighted by molar-refractivity contribution is -0.142. The van der Waals surface area contributed by atoms with E-state index in [2.05, 4.69) is 0 Å². The lowest BCUT2D eigenvalue weighted by atomic mass is 9.93. The summed E-state index contributed by atoms with van der Waals surface area (Å²) in [4.78, 5) is 14.0. The second-order valence-electron chi connectivity index (χ2n) is 7.14. The van der Waals surface area contributed by atoms with Gasteiger partial charge in [-0.25, -0.2) is 0 Å². The van der Waals surface area contributed by atoms with Gasteiger partial charge < -0.3 is 28.8 Å². The predicted octanol–water partition coefficient (Wildman–Crippen LogP) is 3.37. The van der Waals surface area contributed by atoms with E-state index in [4.69, 9.17) is 23.7 Å². The monoisotopic (exact) mass is 431 g/mol. The van der Waals surface area contributed by atoms with E-state index >= 15 is 0 Å². The average Bonchev–Trinajstić information content (AvgIpc) is 3.28. The maximum absolute atomic E-state index is 12.1. The number of carbonyl (C=O) groups is 1. The minimum absolute atomic E-state index is 0.445. The summed E-state index contributed by atoms with van der Waals surface area (Å²) in [7, 11) is 7.80. The molecule has 1 heterocycles. The van der Waals surface area contributed by atoms with Crippen LogP contribution in [0.3, 0.4) is 0 Å². The third kappa shape index (κ3) is 4.07. The Morgan fingerprint density at radius 3 is 2.06 bits per heavy atom. The third-order valence-corrected chi connectivity index (χ3v) is 5.67. The molecule has 8 nitrogen and oxygen atoms in total. The number of hydrogen-bond acceptors (Lipinski definition) is 7. The van der Waals surface area contributed by atoms with Crippen molar-refractivity contribution < 1.29 is 33.6 Å². The van der Waals surface area contributed by atoms with Crippen LogP contribution in [0.5, 0.6) is 28.7 Å². The van der Waals surface area contributed by atoms with Crippen LogP contribution in [-0.2, 0) is 4.79 Å². The Morgan fingerprint density at radius 1 is 0.871 bits per heavy atom. The molecule has 3 rings (SSSR count). The molecule has 2 aromatic rings. The number of likely N-dealkylation sites (tertiary alicyclic amines) is 1. The van der Waals surface area contributed by atoms with Crippen molar-refractivity contribution in [3.05, 3.63) is 41.5 Å². The normalized spacial score (nSPS) is 17.1. The minimum Gasteiger partial charge on any atom is -0.493 e. The third-order valence-electron chi connectivity index (χ3n) is 5.67. The lowest BCUT2D eigenvalue weighted by Crippen LogP contribution is -2.39. The molecule has 1 aliphatic heterocycles. The Bertz CT molecular complexity index is 930. The first kappa shape index (κ1) is 22.6. The molecule has 0 saturated carbocycles. The molecule has 0 radical (unpaired) electrons. The molecular weight excluding hydrogens is 402 g/mol. The Balaban J connectivity index is 2.30. The molecule has 0 amide bonds. The van der Waals surface area contributed by atoms with Gasteiger partial charge in [0.15, 0.2) is 23.0 Å². The number of hydrogen-bond donors (Lipinski definition) is 1. The van der Waals surface area contributed by atoms with Crippen LogP contribution in [0, 0.1) is 0 Å². The number of benzene rings is 2. The fraction of sp³-hybridized carbons (Fsp3) is 0.435. The van der Waals surface area contributed by atoms with Crippen molar-refractivity contribution in [2.24, 2.45) is 0 Å². The van der Waals surface area contributed by atoms with Crippen LogP contribution >= 0.6 is 0 Å². The van der Waals surface area contributed by atoms with Crippen molar-refractivity contribution in [1.82, 2.24) is 4.90 Å². The maximum atomic E-state index is 12.1. The quantitative estimate of drug-likeness (QED) is 0.647. The molecule has 1 fully saturated rings. The molecule has 31 heavy (non-hydrogen) atoms. The topological polar surface area (TPSA) is 86.7 Å². The van der Waals surface area contributed by atoms with Crippen LogP contribution in [0.25, 0.3) is 0 Å². The molecule has 1 aliphatic rings. The second-order valence-corrected chi connectivity index (χ2v) is 7.14. The van der Waals surface area contributed by atoms with Gasteiger partial charge in [0, 0.05) is 17.7 Å². The highest BCUT2D eigenvalue weighted by molar-refractivity contribution is 5.74. The Morgan fingerprint density at radius 2 is 1.48 bits per heavy atom. The maximum Gasteiger partial charge on any atom is 0.320 e. The summed E-state index contributed by atoms with van der Waals surface area (Å²) in [5.74, 6) is 1.70. The Kier molecular flexibility index (Phi) is 7.12. The van der Waals surface area contributed by atoms with Crippen molar-refractivity contribution in [2.75, 3.05) is 42.1 Å². The number of carboxylic acid groups (broad SMARTS) is 1. The summed E-state index contributed by atoms with van der Waals surface area (Å²) >= 11 is 0. The minimum atomic E-state index is -0.858. The van der Waals surface area contributed by atoms with Crippen LogP contribution in [0.15, 0.2) is 30.3 Å². The van der Waals surface area contributed by atoms with Gasteiger partial charge in [-0.15, -0.1) is 0 Å². The highest BCUT2D eigenvalue weighted by Gasteiger charge is 2.40. The molecule has 0 aliphatic carbocycles. The summed E-state index contributed by atoms with van der Waals surface area (Å²) in [6, 6.07) is 8.15. The summed E-state index contributed by atoms with van der Waals surface area (Å²) in [5, 5.41) is 9.89. The van der Waals surface area contributed by atoms with Gasteiger partial charge in [-0.3, -0.25) is 9.69 Å². The van der Waals surface area contributed by atoms with Crippen LogP contribution < -0.4 is 23.7 Å². The van der Waals surface area contributed by atoms with Gasteiger partial charge in [0.2, 0.25) is 5.75 Å². The smallest absolute Gasteiger partial charge is 0.320 e. The van der Waals surface area contributed by atoms with E-state index in [1.54, 1.807) is 41.6 Å². The van der Waals surface area contributed by atoms with Gasteiger partial charge in [0.05, 0.1) is 41.6 Å². The number of rotatable bonds is 9. The van der Waals surface area contributed by atoms with Gasteiger partial charge >= 0.3 is 5.97 Å². The first-order valence-electron chi connectivity index (χ1n) is 10.0. The zero-order valence-electron chi connectivity index (χ0n) is 18.5. The first-order chi connectivity index (χ1) is 15.0. The number of carboxylic acids is 1. The molecule has 168 valence electrons. The summed E-state index contributed by atoms with van der Waals surface area (Å²) in [5.41, 5.74) is 1.53. The molecule has 2 aromatic carbocycles. The highest BCUT2D eigenvalue weighted by atomic mass is 16.5. The van der Waals surface area contributed by atoms with Crippen LogP contribution in [-0.4, -0.2) is 64.1 Å². The molecule has 0 spiro atoms. The summed E-state index contributed by atoms with van der Waals surface area (Å²) in [6.45, 7) is 0.611. The SMILES string of the molecule is COc1cccc(C(c2ccc(OC)c(OC)c2OC)N2CCCC2C(=O)O)c1OC. The van der Waals surface area contributed by atoms with Crippen molar-refractivity contribution in [3.63, 3.8) is 0 Å². The van der Waals surface area contributed by atoms with Gasteiger partial charge in [-0.1, -0.05) is 12.1 Å². The van der Waals surface area contributed by atoms with Crippen LogP contribution in [0.4, 0.5) is 0 Å². The zero-order valence-corrected chi connectivity index (χ0v) is 18.5. The number of nitrogens with zero attached hydrogens (tertiary/aromatic N) is 1. The highest BCUT2D eigenvalue weighted by Crippen LogP contribution is 2.49. The van der Waals surface area contributed by atoms with Gasteiger partial charge in [0.25, 0.3) is 0 Å². The summed E-state index contributed by atoms with van der Waals surface area (Å²) in [6.07, 6.45) is 1.34. The van der Waals surface area contributed by atoms with Gasteiger partial charge in [-0.2, -0.15) is 0 Å². The fourth-order valence-electron chi connectivity index (χ4n) is 4.36. The second kappa shape index (κ2) is 9.78. The number of para-hydroxylation sites is 1. The molecule has 1 saturated heterocycles. The Hall–Kier alpha value is -3.13. The number of methoxy groups -OCH3 is 5. The lowest BCUT2D eigenvalue weighted by Gasteiger charge is -2.34. The molecule has 2 unspecified atom stereocenters. The van der Waals surface area contributed by atoms with Crippen molar-refractivity contribution in [1.29, 1.82) is 0 Å². The molecule has 0 bridgehead atoms. The first-order valence-corrected chi connectivity index (χ1v) is 10.0. The largest absolute Gasteiger partial charge is 0.493 e. The van der Waals surface area contributed by atoms with E-state index < -0.39 is 18.1 Å². The molecule has 8 heteroatoms. The zero-order chi connectivity index (χ0) is 22.5. The van der Waals surface area contributed by atoms with E-state index in [1.807, 2.05) is 29.2 Å². The molecule has 2 atom stereocenters. The van der Waals surface area contributed by atoms with Gasteiger partial charge in [-0.05, 0) is 31.0 Å².